The van der Waals surface area contributed by atoms with E-state index < -0.39 is 12.7 Å². The Labute approximate surface area is 133 Å². The molecule has 0 bridgehead atoms. The van der Waals surface area contributed by atoms with Gasteiger partial charge in [-0.25, -0.2) is 4.98 Å². The maximum atomic E-state index is 12.6. The third-order valence-electron chi connectivity index (χ3n) is 3.04. The van der Waals surface area contributed by atoms with Crippen molar-refractivity contribution in [3.8, 4) is 0 Å². The van der Waals surface area contributed by atoms with Gasteiger partial charge in [-0.2, -0.15) is 0 Å². The zero-order chi connectivity index (χ0) is 16.5. The van der Waals surface area contributed by atoms with E-state index in [0.717, 1.165) is 0 Å². The summed E-state index contributed by atoms with van der Waals surface area (Å²) in [6.45, 7) is 5.48. The third-order valence-corrected chi connectivity index (χ3v) is 3.23. The molecule has 2 aromatic heterocycles. The standard InChI is InChI=1S/C15H20ClN3O3/c1-15(2,3)18-13-12-9(6-11(16)17-13)4-5-19(14(12)22)7-10(21)8-20/h4-6,10,20-21H,7-8H2,1-3H3,(H,17,18). The van der Waals surface area contributed by atoms with Gasteiger partial charge in [0, 0.05) is 11.7 Å². The van der Waals surface area contributed by atoms with Crippen molar-refractivity contribution in [3.63, 3.8) is 0 Å². The van der Waals surface area contributed by atoms with E-state index in [2.05, 4.69) is 10.3 Å². The van der Waals surface area contributed by atoms with E-state index in [1.54, 1.807) is 18.3 Å². The summed E-state index contributed by atoms with van der Waals surface area (Å²) < 4.78 is 1.35. The first-order chi connectivity index (χ1) is 10.2. The van der Waals surface area contributed by atoms with Gasteiger partial charge in [-0.1, -0.05) is 11.6 Å². The van der Waals surface area contributed by atoms with Crippen molar-refractivity contribution >= 4 is 28.2 Å². The van der Waals surface area contributed by atoms with Crippen LogP contribution < -0.4 is 10.9 Å². The van der Waals surface area contributed by atoms with Gasteiger partial charge < -0.3 is 20.1 Å². The molecule has 0 aliphatic carbocycles. The van der Waals surface area contributed by atoms with Crippen LogP contribution in [0.1, 0.15) is 20.8 Å². The van der Waals surface area contributed by atoms with Gasteiger partial charge in [0.15, 0.2) is 0 Å². The molecule has 0 saturated carbocycles. The highest BCUT2D eigenvalue weighted by Gasteiger charge is 2.17. The first kappa shape index (κ1) is 16.7. The fourth-order valence-electron chi connectivity index (χ4n) is 2.14. The first-order valence-electron chi connectivity index (χ1n) is 6.98. The average molecular weight is 326 g/mol. The summed E-state index contributed by atoms with van der Waals surface area (Å²) in [5, 5.41) is 23.0. The van der Waals surface area contributed by atoms with Gasteiger partial charge >= 0.3 is 0 Å². The maximum absolute atomic E-state index is 12.6. The molecule has 0 fully saturated rings. The molecule has 0 aliphatic rings. The monoisotopic (exact) mass is 325 g/mol. The Hall–Kier alpha value is -1.63. The number of hydrogen-bond acceptors (Lipinski definition) is 5. The summed E-state index contributed by atoms with van der Waals surface area (Å²) in [4.78, 5) is 16.9. The van der Waals surface area contributed by atoms with E-state index in [4.69, 9.17) is 16.7 Å². The molecule has 0 amide bonds. The molecule has 6 nitrogen and oxygen atoms in total. The minimum atomic E-state index is -0.991. The fraction of sp³-hybridized carbons (Fsp3) is 0.467. The van der Waals surface area contributed by atoms with Crippen LogP contribution in [-0.4, -0.2) is 38.0 Å². The third kappa shape index (κ3) is 3.76. The highest BCUT2D eigenvalue weighted by atomic mass is 35.5. The van der Waals surface area contributed by atoms with Crippen molar-refractivity contribution in [2.24, 2.45) is 0 Å². The quantitative estimate of drug-likeness (QED) is 0.743. The molecular weight excluding hydrogens is 306 g/mol. The van der Waals surface area contributed by atoms with Gasteiger partial charge in [0.25, 0.3) is 5.56 Å². The summed E-state index contributed by atoms with van der Waals surface area (Å²) in [7, 11) is 0. The minimum Gasteiger partial charge on any atom is -0.394 e. The molecule has 0 aliphatic heterocycles. The Bertz CT molecular complexity index is 737. The van der Waals surface area contributed by atoms with E-state index in [-0.39, 0.29) is 17.6 Å². The molecule has 1 unspecified atom stereocenters. The lowest BCUT2D eigenvalue weighted by Crippen LogP contribution is -2.31. The van der Waals surface area contributed by atoms with Gasteiger partial charge in [0.05, 0.1) is 24.6 Å². The van der Waals surface area contributed by atoms with Gasteiger partial charge in [-0.15, -0.1) is 0 Å². The summed E-state index contributed by atoms with van der Waals surface area (Å²) in [5.41, 5.74) is -0.580. The molecule has 0 aromatic carbocycles. The normalized spacial score (nSPS) is 13.4. The average Bonchev–Trinajstić information content (AvgIpc) is 2.39. The fourth-order valence-corrected chi connectivity index (χ4v) is 2.35. The van der Waals surface area contributed by atoms with E-state index in [9.17, 15) is 9.90 Å². The van der Waals surface area contributed by atoms with Crippen molar-refractivity contribution in [2.45, 2.75) is 39.0 Å². The second-order valence-corrected chi connectivity index (χ2v) is 6.63. The zero-order valence-corrected chi connectivity index (χ0v) is 13.6. The van der Waals surface area contributed by atoms with E-state index in [0.29, 0.717) is 21.7 Å². The lowest BCUT2D eigenvalue weighted by atomic mass is 10.1. The molecule has 22 heavy (non-hydrogen) atoms. The highest BCUT2D eigenvalue weighted by Crippen LogP contribution is 2.24. The van der Waals surface area contributed by atoms with Crippen LogP contribution in [0.15, 0.2) is 23.1 Å². The molecule has 2 heterocycles. The Kier molecular flexibility index (Phi) is 4.75. The van der Waals surface area contributed by atoms with Crippen LogP contribution in [0.4, 0.5) is 5.82 Å². The van der Waals surface area contributed by atoms with Gasteiger partial charge in [-0.3, -0.25) is 4.79 Å². The van der Waals surface area contributed by atoms with Crippen LogP contribution in [0, 0.1) is 0 Å². The maximum Gasteiger partial charge on any atom is 0.262 e. The zero-order valence-electron chi connectivity index (χ0n) is 12.8. The molecule has 7 heteroatoms. The number of fused-ring (bicyclic) bond motifs is 1. The summed E-state index contributed by atoms with van der Waals surface area (Å²) in [6.07, 6.45) is 0.579. The van der Waals surface area contributed by atoms with Gasteiger partial charge in [0.1, 0.15) is 11.0 Å². The molecule has 120 valence electrons. The van der Waals surface area contributed by atoms with E-state index in [1.165, 1.54) is 4.57 Å². The van der Waals surface area contributed by atoms with E-state index >= 15 is 0 Å². The second kappa shape index (κ2) is 6.24. The molecule has 1 atom stereocenters. The van der Waals surface area contributed by atoms with Crippen LogP contribution in [-0.2, 0) is 6.54 Å². The van der Waals surface area contributed by atoms with E-state index in [1.807, 2.05) is 20.8 Å². The SMILES string of the molecule is CC(C)(C)Nc1nc(Cl)cc2ccn(CC(O)CO)c(=O)c12. The number of nitrogens with zero attached hydrogens (tertiary/aromatic N) is 2. The van der Waals surface area contributed by atoms with Crippen molar-refractivity contribution in [2.75, 3.05) is 11.9 Å². The lowest BCUT2D eigenvalue weighted by Gasteiger charge is -2.22. The molecule has 0 saturated heterocycles. The molecule has 2 aromatic rings. The van der Waals surface area contributed by atoms with Crippen molar-refractivity contribution in [3.05, 3.63) is 33.8 Å². The predicted octanol–water partition coefficient (Wildman–Crippen LogP) is 1.61. The highest BCUT2D eigenvalue weighted by molar-refractivity contribution is 6.30. The van der Waals surface area contributed by atoms with Crippen LogP contribution in [0.5, 0.6) is 0 Å². The number of hydrogen-bond donors (Lipinski definition) is 3. The first-order valence-corrected chi connectivity index (χ1v) is 7.36. The van der Waals surface area contributed by atoms with Crippen LogP contribution >= 0.6 is 11.6 Å². The molecule has 0 radical (unpaired) electrons. The van der Waals surface area contributed by atoms with Crippen molar-refractivity contribution in [1.29, 1.82) is 0 Å². The number of rotatable bonds is 4. The van der Waals surface area contributed by atoms with Gasteiger partial charge in [0.2, 0.25) is 0 Å². The van der Waals surface area contributed by atoms with Crippen molar-refractivity contribution in [1.82, 2.24) is 9.55 Å². The van der Waals surface area contributed by atoms with Crippen LogP contribution in [0.25, 0.3) is 10.8 Å². The summed E-state index contributed by atoms with van der Waals surface area (Å²) in [5.74, 6) is 0.410. The summed E-state index contributed by atoms with van der Waals surface area (Å²) >= 11 is 6.02. The molecular formula is C15H20ClN3O3. The Morgan fingerprint density at radius 3 is 2.73 bits per heavy atom. The second-order valence-electron chi connectivity index (χ2n) is 6.24. The van der Waals surface area contributed by atoms with Crippen molar-refractivity contribution < 1.29 is 10.2 Å². The predicted molar refractivity (Wildman–Crippen MR) is 87.5 cm³/mol. The Morgan fingerprint density at radius 2 is 2.14 bits per heavy atom. The van der Waals surface area contributed by atoms with Gasteiger partial charge in [-0.05, 0) is 38.3 Å². The number of pyridine rings is 2. The summed E-state index contributed by atoms with van der Waals surface area (Å²) in [6, 6.07) is 3.36. The lowest BCUT2D eigenvalue weighted by molar-refractivity contribution is 0.0805. The van der Waals surface area contributed by atoms with Crippen LogP contribution in [0.3, 0.4) is 0 Å². The smallest absolute Gasteiger partial charge is 0.262 e. The molecule has 3 N–H and O–H groups in total. The number of aliphatic hydroxyl groups is 2. The number of nitrogens with one attached hydrogen (secondary N) is 1. The number of aliphatic hydroxyl groups excluding tert-OH is 2. The largest absolute Gasteiger partial charge is 0.394 e. The number of aromatic nitrogens is 2. The Balaban J connectivity index is 2.63. The Morgan fingerprint density at radius 1 is 1.45 bits per heavy atom. The van der Waals surface area contributed by atoms with Crippen LogP contribution in [0.2, 0.25) is 5.15 Å². The number of anilines is 1. The molecule has 0 spiro atoms. The number of halogens is 1. The molecule has 2 rings (SSSR count). The minimum absolute atomic E-state index is 0.0167. The topological polar surface area (TPSA) is 87.4 Å².